The number of halogens is 1. The fourth-order valence-corrected chi connectivity index (χ4v) is 0.901. The molecule has 5 heteroatoms. The highest BCUT2D eigenvalue weighted by Crippen LogP contribution is 2.16. The highest BCUT2D eigenvalue weighted by molar-refractivity contribution is 5.89. The molecule has 0 aliphatic heterocycles. The molecular weight excluding hydrogens is 173 g/mol. The van der Waals surface area contributed by atoms with Crippen LogP contribution >= 0.6 is 0 Å². The summed E-state index contributed by atoms with van der Waals surface area (Å²) in [6, 6.07) is 3.84. The second-order valence-corrected chi connectivity index (χ2v) is 2.51. The van der Waals surface area contributed by atoms with Crippen molar-refractivity contribution < 1.29 is 9.18 Å². The molecule has 13 heavy (non-hydrogen) atoms. The maximum Gasteiger partial charge on any atom is 0.333 e. The van der Waals surface area contributed by atoms with Crippen LogP contribution in [0.1, 0.15) is 5.56 Å². The Bertz CT molecular complexity index is 327. The van der Waals surface area contributed by atoms with E-state index in [1.165, 1.54) is 12.1 Å². The van der Waals surface area contributed by atoms with Crippen molar-refractivity contribution in [1.82, 2.24) is 5.43 Å². The lowest BCUT2D eigenvalue weighted by Gasteiger charge is -2.07. The van der Waals surface area contributed by atoms with Crippen molar-refractivity contribution >= 4 is 11.7 Å². The number of benzene rings is 1. The third-order valence-corrected chi connectivity index (χ3v) is 1.65. The number of amides is 2. The molecule has 0 saturated carbocycles. The van der Waals surface area contributed by atoms with Crippen LogP contribution in [0.5, 0.6) is 0 Å². The average molecular weight is 183 g/mol. The molecule has 1 rings (SSSR count). The van der Waals surface area contributed by atoms with Crippen molar-refractivity contribution in [3.05, 3.63) is 29.6 Å². The maximum atomic E-state index is 12.9. The Morgan fingerprint density at radius 3 is 2.85 bits per heavy atom. The summed E-state index contributed by atoms with van der Waals surface area (Å²) in [5.41, 5.74) is 2.67. The number of hydrogen-bond donors (Lipinski definition) is 3. The Labute approximate surface area is 74.9 Å². The number of carbonyl (C=O) groups is 1. The lowest BCUT2D eigenvalue weighted by molar-refractivity contribution is 0.252. The number of anilines is 1. The van der Waals surface area contributed by atoms with Gasteiger partial charge in [0.15, 0.2) is 0 Å². The topological polar surface area (TPSA) is 67.2 Å². The zero-order valence-electron chi connectivity index (χ0n) is 7.10. The van der Waals surface area contributed by atoms with Gasteiger partial charge < -0.3 is 5.32 Å². The molecule has 0 aromatic heterocycles. The van der Waals surface area contributed by atoms with Crippen LogP contribution in [0.4, 0.5) is 14.9 Å². The van der Waals surface area contributed by atoms with Gasteiger partial charge in [0.25, 0.3) is 0 Å². The van der Waals surface area contributed by atoms with E-state index in [4.69, 9.17) is 5.84 Å². The van der Waals surface area contributed by atoms with Crippen molar-refractivity contribution in [1.29, 1.82) is 0 Å². The van der Waals surface area contributed by atoms with E-state index in [0.29, 0.717) is 11.3 Å². The Hall–Kier alpha value is -1.62. The van der Waals surface area contributed by atoms with E-state index in [1.54, 1.807) is 13.0 Å². The molecule has 0 radical (unpaired) electrons. The van der Waals surface area contributed by atoms with Crippen LogP contribution in [0.15, 0.2) is 18.2 Å². The van der Waals surface area contributed by atoms with Gasteiger partial charge in [-0.2, -0.15) is 0 Å². The van der Waals surface area contributed by atoms with Crippen molar-refractivity contribution in [3.63, 3.8) is 0 Å². The predicted octanol–water partition coefficient (Wildman–Crippen LogP) is 1.13. The van der Waals surface area contributed by atoms with E-state index >= 15 is 0 Å². The SMILES string of the molecule is Cc1c(F)cccc1NC(=O)NN. The molecule has 4 nitrogen and oxygen atoms in total. The Balaban J connectivity index is 2.89. The second kappa shape index (κ2) is 3.86. The van der Waals surface area contributed by atoms with Crippen molar-refractivity contribution in [2.75, 3.05) is 5.32 Å². The van der Waals surface area contributed by atoms with Crippen LogP contribution in [-0.4, -0.2) is 6.03 Å². The smallest absolute Gasteiger partial charge is 0.307 e. The standard InChI is InChI=1S/C8H10FN3O/c1-5-6(9)3-2-4-7(5)11-8(13)12-10/h2-4H,10H2,1H3,(H2,11,12,13). The van der Waals surface area contributed by atoms with Gasteiger partial charge in [0.05, 0.1) is 0 Å². The van der Waals surface area contributed by atoms with Crippen LogP contribution in [-0.2, 0) is 0 Å². The molecule has 1 aromatic rings. The van der Waals surface area contributed by atoms with E-state index in [2.05, 4.69) is 5.32 Å². The summed E-state index contributed by atoms with van der Waals surface area (Å²) >= 11 is 0. The summed E-state index contributed by atoms with van der Waals surface area (Å²) in [6.07, 6.45) is 0. The summed E-state index contributed by atoms with van der Waals surface area (Å²) in [5, 5.41) is 2.39. The average Bonchev–Trinajstić information content (AvgIpc) is 2.13. The predicted molar refractivity (Wildman–Crippen MR) is 47.5 cm³/mol. The van der Waals surface area contributed by atoms with E-state index in [9.17, 15) is 9.18 Å². The molecule has 1 aromatic carbocycles. The van der Waals surface area contributed by atoms with Crippen molar-refractivity contribution in [2.45, 2.75) is 6.92 Å². The van der Waals surface area contributed by atoms with Crippen LogP contribution in [0.25, 0.3) is 0 Å². The van der Waals surface area contributed by atoms with Gasteiger partial charge in [0, 0.05) is 11.3 Å². The lowest BCUT2D eigenvalue weighted by atomic mass is 10.2. The first kappa shape index (κ1) is 9.47. The second-order valence-electron chi connectivity index (χ2n) is 2.51. The molecule has 0 aliphatic rings. The normalized spacial score (nSPS) is 9.46. The highest BCUT2D eigenvalue weighted by atomic mass is 19.1. The number of nitrogens with two attached hydrogens (primary N) is 1. The van der Waals surface area contributed by atoms with Crippen LogP contribution in [0.2, 0.25) is 0 Å². The van der Waals surface area contributed by atoms with Crippen molar-refractivity contribution in [2.24, 2.45) is 5.84 Å². The van der Waals surface area contributed by atoms with Gasteiger partial charge in [-0.1, -0.05) is 6.07 Å². The molecule has 0 bridgehead atoms. The molecule has 0 unspecified atom stereocenters. The first-order chi connectivity index (χ1) is 6.15. The third-order valence-electron chi connectivity index (χ3n) is 1.65. The summed E-state index contributed by atoms with van der Waals surface area (Å²) < 4.78 is 12.9. The number of nitrogens with one attached hydrogen (secondary N) is 2. The zero-order valence-corrected chi connectivity index (χ0v) is 7.10. The third kappa shape index (κ3) is 2.16. The fraction of sp³-hybridized carbons (Fsp3) is 0.125. The molecule has 0 fully saturated rings. The fourth-order valence-electron chi connectivity index (χ4n) is 0.901. The monoisotopic (exact) mass is 183 g/mol. The first-order valence-electron chi connectivity index (χ1n) is 3.68. The number of urea groups is 1. The number of hydrogen-bond acceptors (Lipinski definition) is 2. The minimum Gasteiger partial charge on any atom is -0.307 e. The Kier molecular flexibility index (Phi) is 2.81. The minimum absolute atomic E-state index is 0.366. The summed E-state index contributed by atoms with van der Waals surface area (Å²) in [7, 11) is 0. The number of rotatable bonds is 1. The zero-order chi connectivity index (χ0) is 9.84. The molecule has 0 atom stereocenters. The molecule has 4 N–H and O–H groups in total. The van der Waals surface area contributed by atoms with Gasteiger partial charge in [0.1, 0.15) is 5.82 Å². The van der Waals surface area contributed by atoms with Crippen LogP contribution < -0.4 is 16.6 Å². The lowest BCUT2D eigenvalue weighted by Crippen LogP contribution is -2.34. The highest BCUT2D eigenvalue weighted by Gasteiger charge is 2.05. The van der Waals surface area contributed by atoms with E-state index < -0.39 is 6.03 Å². The van der Waals surface area contributed by atoms with E-state index in [1.807, 2.05) is 5.43 Å². The van der Waals surface area contributed by atoms with Crippen molar-refractivity contribution in [3.8, 4) is 0 Å². The number of hydrazine groups is 1. The summed E-state index contributed by atoms with van der Waals surface area (Å²) in [5.74, 6) is 4.49. The van der Waals surface area contributed by atoms with Gasteiger partial charge in [-0.15, -0.1) is 0 Å². The minimum atomic E-state index is -0.575. The molecule has 70 valence electrons. The van der Waals surface area contributed by atoms with E-state index in [0.717, 1.165) is 0 Å². The summed E-state index contributed by atoms with van der Waals surface area (Å²) in [4.78, 5) is 10.8. The van der Waals surface area contributed by atoms with Gasteiger partial charge >= 0.3 is 6.03 Å². The van der Waals surface area contributed by atoms with Gasteiger partial charge in [-0.3, -0.25) is 5.43 Å². The van der Waals surface area contributed by atoms with Crippen LogP contribution in [0, 0.1) is 12.7 Å². The number of carbonyl (C=O) groups excluding carboxylic acids is 1. The Morgan fingerprint density at radius 2 is 2.23 bits per heavy atom. The molecular formula is C8H10FN3O. The first-order valence-corrected chi connectivity index (χ1v) is 3.68. The maximum absolute atomic E-state index is 12.9. The molecule has 0 saturated heterocycles. The molecule has 2 amide bonds. The quantitative estimate of drug-likeness (QED) is 0.347. The molecule has 0 heterocycles. The molecule has 0 aliphatic carbocycles. The molecule has 0 spiro atoms. The van der Waals surface area contributed by atoms with Gasteiger partial charge in [-0.25, -0.2) is 15.0 Å². The Morgan fingerprint density at radius 1 is 1.54 bits per heavy atom. The van der Waals surface area contributed by atoms with Gasteiger partial charge in [0.2, 0.25) is 0 Å². The van der Waals surface area contributed by atoms with Crippen LogP contribution in [0.3, 0.4) is 0 Å². The largest absolute Gasteiger partial charge is 0.333 e. The van der Waals surface area contributed by atoms with Gasteiger partial charge in [-0.05, 0) is 19.1 Å². The van der Waals surface area contributed by atoms with E-state index in [-0.39, 0.29) is 5.82 Å². The summed E-state index contributed by atoms with van der Waals surface area (Å²) in [6.45, 7) is 1.57.